The third-order valence-corrected chi connectivity index (χ3v) is 6.81. The maximum atomic E-state index is 13.1. The maximum absolute atomic E-state index is 13.1. The molecule has 1 amide bonds. The van der Waals surface area contributed by atoms with Gasteiger partial charge in [0.25, 0.3) is 15.9 Å². The van der Waals surface area contributed by atoms with Crippen LogP contribution in [0.4, 0.5) is 10.1 Å². The summed E-state index contributed by atoms with van der Waals surface area (Å²) >= 11 is 0. The molecule has 3 aromatic carbocycles. The lowest BCUT2D eigenvalue weighted by Gasteiger charge is -2.16. The number of nitrogens with one attached hydrogen (secondary N) is 3. The third kappa shape index (κ3) is 5.49. The Bertz CT molecular complexity index is 1470. The molecule has 10 heteroatoms. The number of anilines is 1. The minimum atomic E-state index is -3.93. The molecule has 0 aliphatic carbocycles. The van der Waals surface area contributed by atoms with Crippen molar-refractivity contribution < 1.29 is 27.1 Å². The number of methoxy groups -OCH3 is 1. The number of H-pyrrole nitrogens is 1. The number of carbonyl (C=O) groups is 2. The zero-order chi connectivity index (χ0) is 25.0. The maximum Gasteiger partial charge on any atom is 0.328 e. The summed E-state index contributed by atoms with van der Waals surface area (Å²) in [6, 6.07) is 16.8. The molecular weight excluding hydrogens is 473 g/mol. The number of para-hydroxylation sites is 1. The van der Waals surface area contributed by atoms with Crippen LogP contribution < -0.4 is 10.0 Å². The van der Waals surface area contributed by atoms with E-state index in [1.54, 1.807) is 6.20 Å². The molecule has 1 atom stereocenters. The monoisotopic (exact) mass is 495 g/mol. The van der Waals surface area contributed by atoms with Crippen LogP contribution in [0.1, 0.15) is 15.9 Å². The molecule has 0 fully saturated rings. The van der Waals surface area contributed by atoms with Crippen LogP contribution in [-0.4, -0.2) is 38.4 Å². The fraction of sp³-hybridized carbons (Fsp3) is 0.120. The fourth-order valence-corrected chi connectivity index (χ4v) is 4.67. The van der Waals surface area contributed by atoms with Crippen LogP contribution in [-0.2, 0) is 26.0 Å². The number of rotatable bonds is 8. The lowest BCUT2D eigenvalue weighted by Crippen LogP contribution is -2.43. The third-order valence-electron chi connectivity index (χ3n) is 5.41. The van der Waals surface area contributed by atoms with Gasteiger partial charge in [0.2, 0.25) is 0 Å². The highest BCUT2D eigenvalue weighted by Gasteiger charge is 2.24. The van der Waals surface area contributed by atoms with Crippen molar-refractivity contribution in [2.75, 3.05) is 11.8 Å². The Morgan fingerprint density at radius 3 is 2.37 bits per heavy atom. The number of hydrogen-bond donors (Lipinski definition) is 3. The molecule has 1 heterocycles. The molecule has 8 nitrogen and oxygen atoms in total. The van der Waals surface area contributed by atoms with Gasteiger partial charge in [0.1, 0.15) is 11.9 Å². The van der Waals surface area contributed by atoms with Gasteiger partial charge in [0.15, 0.2) is 0 Å². The standard InChI is InChI=1S/C25H22FN3O5S/c1-34-25(31)23(14-17-15-27-22-5-3-2-4-21(17)22)28-24(30)16-6-10-19(11-7-16)29-35(32,33)20-12-8-18(26)9-13-20/h2-13,15,23,27,29H,14H2,1H3,(H,28,30)/t23-/m1/s1. The summed E-state index contributed by atoms with van der Waals surface area (Å²) in [5.41, 5.74) is 2.20. The number of aromatic amines is 1. The predicted octanol–water partition coefficient (Wildman–Crippen LogP) is 3.62. The number of hydrogen-bond acceptors (Lipinski definition) is 5. The number of ether oxygens (including phenoxy) is 1. The van der Waals surface area contributed by atoms with Crippen molar-refractivity contribution in [3.8, 4) is 0 Å². The smallest absolute Gasteiger partial charge is 0.328 e. The lowest BCUT2D eigenvalue weighted by molar-refractivity contribution is -0.142. The molecule has 4 rings (SSSR count). The van der Waals surface area contributed by atoms with Crippen molar-refractivity contribution in [1.82, 2.24) is 10.3 Å². The fourth-order valence-electron chi connectivity index (χ4n) is 3.62. The second-order valence-electron chi connectivity index (χ2n) is 7.75. The summed E-state index contributed by atoms with van der Waals surface area (Å²) in [5, 5.41) is 3.62. The van der Waals surface area contributed by atoms with Gasteiger partial charge < -0.3 is 15.0 Å². The Morgan fingerprint density at radius 2 is 1.69 bits per heavy atom. The van der Waals surface area contributed by atoms with Gasteiger partial charge in [-0.2, -0.15) is 0 Å². The summed E-state index contributed by atoms with van der Waals surface area (Å²) in [7, 11) is -2.68. The zero-order valence-corrected chi connectivity index (χ0v) is 19.4. The van der Waals surface area contributed by atoms with E-state index in [4.69, 9.17) is 4.74 Å². The molecule has 0 bridgehead atoms. The van der Waals surface area contributed by atoms with Gasteiger partial charge in [-0.1, -0.05) is 18.2 Å². The SMILES string of the molecule is COC(=O)[C@@H](Cc1c[nH]c2ccccc12)NC(=O)c1ccc(NS(=O)(=O)c2ccc(F)cc2)cc1. The summed E-state index contributed by atoms with van der Waals surface area (Å²) in [4.78, 5) is 28.2. The van der Waals surface area contributed by atoms with Gasteiger partial charge in [-0.25, -0.2) is 17.6 Å². The van der Waals surface area contributed by atoms with Gasteiger partial charge in [-0.3, -0.25) is 9.52 Å². The molecule has 0 radical (unpaired) electrons. The average Bonchev–Trinajstić information content (AvgIpc) is 3.26. The van der Waals surface area contributed by atoms with Crippen molar-refractivity contribution in [2.45, 2.75) is 17.4 Å². The molecule has 0 saturated heterocycles. The van der Waals surface area contributed by atoms with Crippen molar-refractivity contribution in [1.29, 1.82) is 0 Å². The number of benzene rings is 3. The molecule has 0 spiro atoms. The normalized spacial score (nSPS) is 12.2. The number of esters is 1. The van der Waals surface area contributed by atoms with E-state index in [9.17, 15) is 22.4 Å². The van der Waals surface area contributed by atoms with E-state index >= 15 is 0 Å². The Labute approximate surface area is 201 Å². The number of sulfonamides is 1. The first-order valence-electron chi connectivity index (χ1n) is 10.6. The van der Waals surface area contributed by atoms with Crippen LogP contribution in [0.3, 0.4) is 0 Å². The topological polar surface area (TPSA) is 117 Å². The molecular formula is C25H22FN3O5S. The second-order valence-corrected chi connectivity index (χ2v) is 9.43. The first kappa shape index (κ1) is 24.0. The number of fused-ring (bicyclic) bond motifs is 1. The highest BCUT2D eigenvalue weighted by atomic mass is 32.2. The Hall–Kier alpha value is -4.18. The van der Waals surface area contributed by atoms with Crippen LogP contribution in [0.2, 0.25) is 0 Å². The van der Waals surface area contributed by atoms with Crippen molar-refractivity contribution in [3.05, 3.63) is 95.9 Å². The summed E-state index contributed by atoms with van der Waals surface area (Å²) < 4.78 is 45.2. The van der Waals surface area contributed by atoms with Crippen LogP contribution in [0.25, 0.3) is 10.9 Å². The Morgan fingerprint density at radius 1 is 1.00 bits per heavy atom. The number of aromatic nitrogens is 1. The van der Waals surface area contributed by atoms with Crippen LogP contribution in [0.5, 0.6) is 0 Å². The molecule has 3 N–H and O–H groups in total. The van der Waals surface area contributed by atoms with Gasteiger partial charge in [-0.15, -0.1) is 0 Å². The summed E-state index contributed by atoms with van der Waals surface area (Å²) in [6.07, 6.45) is 2.01. The average molecular weight is 496 g/mol. The van der Waals surface area contributed by atoms with Crippen LogP contribution >= 0.6 is 0 Å². The molecule has 0 aliphatic rings. The second kappa shape index (κ2) is 9.98. The summed E-state index contributed by atoms with van der Waals surface area (Å²) in [5.74, 6) is -1.66. The quantitative estimate of drug-likeness (QED) is 0.323. The molecule has 180 valence electrons. The van der Waals surface area contributed by atoms with Crippen molar-refractivity contribution in [2.24, 2.45) is 0 Å². The highest BCUT2D eigenvalue weighted by molar-refractivity contribution is 7.92. The van der Waals surface area contributed by atoms with Gasteiger partial charge >= 0.3 is 5.97 Å². The largest absolute Gasteiger partial charge is 0.467 e. The highest BCUT2D eigenvalue weighted by Crippen LogP contribution is 2.20. The van der Waals surface area contributed by atoms with Crippen molar-refractivity contribution in [3.63, 3.8) is 0 Å². The van der Waals surface area contributed by atoms with Crippen LogP contribution in [0, 0.1) is 5.82 Å². The number of carbonyl (C=O) groups excluding carboxylic acids is 2. The number of amides is 1. The van der Waals surface area contributed by atoms with Crippen LogP contribution in [0.15, 0.2) is 83.9 Å². The lowest BCUT2D eigenvalue weighted by atomic mass is 10.0. The zero-order valence-electron chi connectivity index (χ0n) is 18.6. The predicted molar refractivity (Wildman–Crippen MR) is 129 cm³/mol. The molecule has 4 aromatic rings. The molecule has 0 aliphatic heterocycles. The summed E-state index contributed by atoms with van der Waals surface area (Å²) in [6.45, 7) is 0. The molecule has 0 saturated carbocycles. The molecule has 1 aromatic heterocycles. The van der Waals surface area contributed by atoms with E-state index in [-0.39, 0.29) is 22.6 Å². The first-order valence-corrected chi connectivity index (χ1v) is 12.1. The van der Waals surface area contributed by atoms with E-state index in [1.807, 2.05) is 24.3 Å². The minimum Gasteiger partial charge on any atom is -0.467 e. The van der Waals surface area contributed by atoms with Gasteiger partial charge in [-0.05, 0) is 60.2 Å². The van der Waals surface area contributed by atoms with Crippen molar-refractivity contribution >= 4 is 38.5 Å². The van der Waals surface area contributed by atoms with E-state index < -0.39 is 33.8 Å². The Kier molecular flexibility index (Phi) is 6.83. The van der Waals surface area contributed by atoms with E-state index in [0.717, 1.165) is 40.7 Å². The van der Waals surface area contributed by atoms with E-state index in [0.29, 0.717) is 0 Å². The van der Waals surface area contributed by atoms with E-state index in [1.165, 1.54) is 31.4 Å². The first-order chi connectivity index (χ1) is 16.8. The van der Waals surface area contributed by atoms with Gasteiger partial charge in [0, 0.05) is 34.8 Å². The van der Waals surface area contributed by atoms with Gasteiger partial charge in [0.05, 0.1) is 12.0 Å². The molecule has 35 heavy (non-hydrogen) atoms. The Balaban J connectivity index is 1.46. The van der Waals surface area contributed by atoms with E-state index in [2.05, 4.69) is 15.0 Å². The minimum absolute atomic E-state index is 0.0982. The molecule has 0 unspecified atom stereocenters. The number of halogens is 1.